The standard InChI is InChI=1S/C22H23N3O4S/c1-11(26)23-17-10-15-18-19-13(14-9-12(27)5-6-16(14)25(17)19)7-8-24(2)20(18)21(29-3)22(15)30(4)28/h5-9,17,20,27H,10H2,1-4H3,(H,23,26)/p+1/t17-,20?,30+/m0/s1. The van der Waals surface area contributed by atoms with Gasteiger partial charge in [-0.25, -0.2) is 0 Å². The van der Waals surface area contributed by atoms with Crippen LogP contribution in [0, 0.1) is 0 Å². The highest BCUT2D eigenvalue weighted by atomic mass is 32.2. The number of hydrogen-bond acceptors (Lipinski definition) is 4. The Bertz CT molecular complexity index is 1240. The molecule has 30 heavy (non-hydrogen) atoms. The van der Waals surface area contributed by atoms with Crippen molar-refractivity contribution in [2.75, 3.05) is 20.4 Å². The lowest BCUT2D eigenvalue weighted by atomic mass is 9.94. The van der Waals surface area contributed by atoms with Crippen LogP contribution in [0.15, 0.2) is 40.6 Å². The number of quaternary nitrogens is 1. The number of ether oxygens (including phenoxy) is 1. The summed E-state index contributed by atoms with van der Waals surface area (Å²) in [6.07, 6.45) is 6.02. The van der Waals surface area contributed by atoms with E-state index in [1.165, 1.54) is 6.92 Å². The van der Waals surface area contributed by atoms with Gasteiger partial charge in [-0.05, 0) is 23.8 Å². The Balaban J connectivity index is 1.91. The van der Waals surface area contributed by atoms with Gasteiger partial charge in [0.2, 0.25) is 5.91 Å². The van der Waals surface area contributed by atoms with Gasteiger partial charge >= 0.3 is 0 Å². The molecule has 2 unspecified atom stereocenters. The van der Waals surface area contributed by atoms with Crippen molar-refractivity contribution in [1.82, 2.24) is 9.88 Å². The lowest BCUT2D eigenvalue weighted by Crippen LogP contribution is -3.08. The number of phenolic OH excluding ortho intramolecular Hbond substituents is 1. The quantitative estimate of drug-likeness (QED) is 0.690. The van der Waals surface area contributed by atoms with E-state index in [1.807, 2.05) is 6.07 Å². The third-order valence-electron chi connectivity index (χ3n) is 6.21. The zero-order valence-corrected chi connectivity index (χ0v) is 18.1. The van der Waals surface area contributed by atoms with Crippen LogP contribution in [0.2, 0.25) is 0 Å². The number of carbonyl (C=O) groups excluding carboxylic acids is 1. The van der Waals surface area contributed by atoms with Crippen LogP contribution in [0.1, 0.15) is 30.8 Å². The molecule has 3 N–H and O–H groups in total. The molecule has 3 heterocycles. The van der Waals surface area contributed by atoms with E-state index in [0.29, 0.717) is 6.42 Å². The van der Waals surface area contributed by atoms with Crippen LogP contribution in [0.3, 0.4) is 0 Å². The predicted octanol–water partition coefficient (Wildman–Crippen LogP) is 1.26. The first-order chi connectivity index (χ1) is 14.3. The highest BCUT2D eigenvalue weighted by Gasteiger charge is 2.48. The summed E-state index contributed by atoms with van der Waals surface area (Å²) in [7, 11) is 2.45. The Hall–Kier alpha value is -2.84. The maximum Gasteiger partial charge on any atom is 0.218 e. The number of likely N-dealkylation sites (N-methyl/N-ethyl adjacent to an activating group) is 1. The van der Waals surface area contributed by atoms with Crippen molar-refractivity contribution in [1.29, 1.82) is 0 Å². The van der Waals surface area contributed by atoms with E-state index in [1.54, 1.807) is 25.5 Å². The van der Waals surface area contributed by atoms with E-state index in [-0.39, 0.29) is 23.9 Å². The molecule has 0 bridgehead atoms. The van der Waals surface area contributed by atoms with Crippen LogP contribution in [0.5, 0.6) is 5.75 Å². The first-order valence-corrected chi connectivity index (χ1v) is 11.4. The van der Waals surface area contributed by atoms with E-state index < -0.39 is 10.8 Å². The summed E-state index contributed by atoms with van der Waals surface area (Å²) in [5.74, 6) is 0.785. The second-order valence-corrected chi connectivity index (χ2v) is 9.32. The van der Waals surface area contributed by atoms with Gasteiger partial charge in [0.1, 0.15) is 11.9 Å². The molecular formula is C22H24N3O4S+. The number of aromatic nitrogens is 1. The number of methoxy groups -OCH3 is 1. The zero-order chi connectivity index (χ0) is 21.3. The summed E-state index contributed by atoms with van der Waals surface area (Å²) in [5, 5.41) is 14.1. The summed E-state index contributed by atoms with van der Waals surface area (Å²) in [4.78, 5) is 13.9. The molecule has 4 atom stereocenters. The molecule has 1 aromatic heterocycles. The van der Waals surface area contributed by atoms with Gasteiger partial charge in [-0.1, -0.05) is 0 Å². The fraction of sp³-hybridized carbons (Fsp3) is 0.318. The number of fused-ring (bicyclic) bond motifs is 3. The zero-order valence-electron chi connectivity index (χ0n) is 17.3. The fourth-order valence-corrected chi connectivity index (χ4v) is 6.22. The van der Waals surface area contributed by atoms with E-state index in [0.717, 1.165) is 48.9 Å². The molecule has 0 fully saturated rings. The van der Waals surface area contributed by atoms with E-state index in [4.69, 9.17) is 4.74 Å². The van der Waals surface area contributed by atoms with E-state index >= 15 is 0 Å². The average molecular weight is 427 g/mol. The van der Waals surface area contributed by atoms with Gasteiger partial charge in [-0.15, -0.1) is 0 Å². The second kappa shape index (κ2) is 6.58. The maximum absolute atomic E-state index is 12.8. The van der Waals surface area contributed by atoms with Crippen LogP contribution in [-0.4, -0.2) is 46.2 Å². The van der Waals surface area contributed by atoms with Crippen molar-refractivity contribution in [3.05, 3.63) is 51.9 Å². The molecule has 1 aliphatic carbocycles. The number of aromatic hydroxyl groups is 1. The number of rotatable bonds is 3. The number of benzene rings is 1. The Kier molecular flexibility index (Phi) is 4.20. The number of hydrogen-bond donors (Lipinski definition) is 3. The molecule has 156 valence electrons. The predicted molar refractivity (Wildman–Crippen MR) is 116 cm³/mol. The van der Waals surface area contributed by atoms with Gasteiger partial charge in [0.05, 0.1) is 47.3 Å². The van der Waals surface area contributed by atoms with Crippen molar-refractivity contribution >= 4 is 39.3 Å². The summed E-state index contributed by atoms with van der Waals surface area (Å²) in [5.41, 5.74) is 5.00. The SMILES string of the molecule is COC1=C([S@@](C)=O)C2=C3c4c(c5cc(O)ccc5n4[C@H](NC(C)=O)C2)C=C[NH+](C)C13. The minimum Gasteiger partial charge on any atom is -0.508 e. The van der Waals surface area contributed by atoms with Crippen molar-refractivity contribution in [2.24, 2.45) is 0 Å². The first-order valence-electron chi connectivity index (χ1n) is 9.84. The van der Waals surface area contributed by atoms with E-state index in [9.17, 15) is 14.1 Å². The minimum atomic E-state index is -1.24. The summed E-state index contributed by atoms with van der Waals surface area (Å²) in [6.45, 7) is 1.50. The van der Waals surface area contributed by atoms with Crippen LogP contribution in [0.25, 0.3) is 22.6 Å². The molecule has 0 saturated heterocycles. The Morgan fingerprint density at radius 1 is 1.40 bits per heavy atom. The molecule has 1 aromatic carbocycles. The number of nitrogens with one attached hydrogen (secondary N) is 2. The van der Waals surface area contributed by atoms with Gasteiger partial charge in [-0.2, -0.15) is 0 Å². The number of allylic oxidation sites excluding steroid dienone is 1. The molecular weight excluding hydrogens is 402 g/mol. The van der Waals surface area contributed by atoms with Crippen molar-refractivity contribution in [3.8, 4) is 5.75 Å². The molecule has 0 saturated carbocycles. The first kappa shape index (κ1) is 19.1. The lowest BCUT2D eigenvalue weighted by molar-refractivity contribution is -0.837. The second-order valence-electron chi connectivity index (χ2n) is 8.01. The number of nitrogens with zero attached hydrogens (tertiary/aromatic N) is 1. The number of amides is 1. The summed E-state index contributed by atoms with van der Waals surface area (Å²) < 4.78 is 20.7. The van der Waals surface area contributed by atoms with Crippen molar-refractivity contribution in [3.63, 3.8) is 0 Å². The Labute approximate surface area is 176 Å². The molecule has 8 heteroatoms. The van der Waals surface area contributed by atoms with Crippen LogP contribution < -0.4 is 10.2 Å². The molecule has 7 nitrogen and oxygen atoms in total. The monoisotopic (exact) mass is 426 g/mol. The third-order valence-corrected chi connectivity index (χ3v) is 7.23. The van der Waals surface area contributed by atoms with E-state index in [2.05, 4.69) is 29.2 Å². The molecule has 0 spiro atoms. The Morgan fingerprint density at radius 3 is 2.83 bits per heavy atom. The largest absolute Gasteiger partial charge is 0.508 e. The van der Waals surface area contributed by atoms with Crippen molar-refractivity contribution in [2.45, 2.75) is 25.6 Å². The van der Waals surface area contributed by atoms with Gasteiger partial charge in [-0.3, -0.25) is 13.9 Å². The van der Waals surface area contributed by atoms with Crippen molar-refractivity contribution < 1.29 is 23.7 Å². The molecule has 1 amide bonds. The summed E-state index contributed by atoms with van der Waals surface area (Å²) >= 11 is 0. The normalized spacial score (nSPS) is 25.4. The van der Waals surface area contributed by atoms with Crippen LogP contribution in [0.4, 0.5) is 0 Å². The smallest absolute Gasteiger partial charge is 0.218 e. The van der Waals surface area contributed by atoms with Gasteiger partial charge in [0.15, 0.2) is 11.8 Å². The van der Waals surface area contributed by atoms with Crippen LogP contribution in [-0.2, 0) is 20.3 Å². The highest BCUT2D eigenvalue weighted by molar-refractivity contribution is 7.88. The third kappa shape index (κ3) is 2.47. The molecule has 5 rings (SSSR count). The molecule has 0 radical (unpaired) electrons. The number of phenols is 1. The van der Waals surface area contributed by atoms with Gasteiger partial charge < -0.3 is 19.7 Å². The maximum atomic E-state index is 12.8. The molecule has 3 aliphatic rings. The number of carbonyl (C=O) groups is 1. The molecule has 2 aromatic rings. The van der Waals surface area contributed by atoms with Gasteiger partial charge in [0, 0.05) is 42.2 Å². The molecule has 2 aliphatic heterocycles. The topological polar surface area (TPSA) is 85.0 Å². The van der Waals surface area contributed by atoms with Crippen LogP contribution >= 0.6 is 0 Å². The highest BCUT2D eigenvalue weighted by Crippen LogP contribution is 2.50. The average Bonchev–Trinajstić information content (AvgIpc) is 3.12. The lowest BCUT2D eigenvalue weighted by Gasteiger charge is -2.31. The minimum absolute atomic E-state index is 0.115. The Morgan fingerprint density at radius 2 is 2.17 bits per heavy atom. The fourth-order valence-electron chi connectivity index (χ4n) is 5.19. The van der Waals surface area contributed by atoms with Gasteiger partial charge in [0.25, 0.3) is 0 Å². The summed E-state index contributed by atoms with van der Waals surface area (Å²) in [6, 6.07) is 5.20.